The van der Waals surface area contributed by atoms with E-state index in [2.05, 4.69) is 93.3 Å². The molecule has 36 heavy (non-hydrogen) atoms. The second-order valence-corrected chi connectivity index (χ2v) is 12.0. The van der Waals surface area contributed by atoms with Gasteiger partial charge in [0.25, 0.3) is 0 Å². The first-order chi connectivity index (χ1) is 16.9. The Kier molecular flexibility index (Phi) is 11.0. The summed E-state index contributed by atoms with van der Waals surface area (Å²) in [6, 6.07) is 25.2. The quantitative estimate of drug-likeness (QED) is 0.179. The van der Waals surface area contributed by atoms with Crippen LogP contribution in [0, 0.1) is 0 Å². The van der Waals surface area contributed by atoms with Crippen molar-refractivity contribution in [2.45, 2.75) is 21.3 Å². The number of para-hydroxylation sites is 1. The van der Waals surface area contributed by atoms with Gasteiger partial charge in [0, 0.05) is 25.4 Å². The average molecular weight is 564 g/mol. The Morgan fingerprint density at radius 3 is 1.92 bits per heavy atom. The third kappa shape index (κ3) is 7.21. The van der Waals surface area contributed by atoms with Gasteiger partial charge >= 0.3 is 0 Å². The molecule has 0 saturated heterocycles. The summed E-state index contributed by atoms with van der Waals surface area (Å²) in [5.74, 6) is 0. The molecule has 0 unspecified atom stereocenters. The van der Waals surface area contributed by atoms with E-state index in [-0.39, 0.29) is 14.9 Å². The van der Waals surface area contributed by atoms with Crippen LogP contribution >= 0.6 is 56.7 Å². The van der Waals surface area contributed by atoms with E-state index in [0.29, 0.717) is 0 Å². The number of allylic oxidation sites excluding steroid dienone is 1. The van der Waals surface area contributed by atoms with Crippen LogP contribution in [0.25, 0.3) is 35.8 Å². The van der Waals surface area contributed by atoms with Crippen molar-refractivity contribution < 1.29 is 0 Å². The van der Waals surface area contributed by atoms with Crippen molar-refractivity contribution >= 4 is 92.5 Å². The van der Waals surface area contributed by atoms with E-state index < -0.39 is 0 Å². The van der Waals surface area contributed by atoms with Gasteiger partial charge < -0.3 is 0 Å². The summed E-state index contributed by atoms with van der Waals surface area (Å²) in [4.78, 5) is 5.66. The van der Waals surface area contributed by atoms with E-state index in [0.717, 1.165) is 11.9 Å². The molecule has 1 aliphatic carbocycles. The molecule has 1 aliphatic rings. The van der Waals surface area contributed by atoms with Crippen LogP contribution in [0.4, 0.5) is 0 Å². The molecule has 5 aromatic heterocycles. The predicted molar refractivity (Wildman–Crippen MR) is 172 cm³/mol. The van der Waals surface area contributed by atoms with Gasteiger partial charge in [-0.25, -0.2) is 4.98 Å². The summed E-state index contributed by atoms with van der Waals surface area (Å²) in [6.45, 7) is 0. The van der Waals surface area contributed by atoms with Crippen molar-refractivity contribution in [2.75, 3.05) is 0 Å². The van der Waals surface area contributed by atoms with Crippen LogP contribution in [-0.4, -0.2) is 4.98 Å². The number of rotatable bonds is 0. The molecule has 0 spiro atoms. The Morgan fingerprint density at radius 2 is 1.19 bits per heavy atom. The first-order valence-corrected chi connectivity index (χ1v) is 15.1. The minimum Gasteiger partial charge on any atom is -0.245 e. The Balaban J connectivity index is 0.000000131. The van der Waals surface area contributed by atoms with Crippen LogP contribution < -0.4 is 0 Å². The third-order valence-corrected chi connectivity index (χ3v) is 9.61. The van der Waals surface area contributed by atoms with Crippen molar-refractivity contribution in [3.8, 4) is 0 Å². The monoisotopic (exact) mass is 563 g/mol. The Hall–Kier alpha value is -2.61. The van der Waals surface area contributed by atoms with Crippen molar-refractivity contribution in [2.24, 2.45) is 0 Å². The lowest BCUT2D eigenvalue weighted by atomic mass is 10.3. The molecule has 2 aromatic carbocycles. The molecule has 7 aromatic rings. The fourth-order valence-electron chi connectivity index (χ4n) is 3.36. The van der Waals surface area contributed by atoms with Gasteiger partial charge in [-0.15, -0.1) is 56.7 Å². The lowest BCUT2D eigenvalue weighted by molar-refractivity contribution is 1.40. The molecule has 0 aliphatic heterocycles. The first-order valence-electron chi connectivity index (χ1n) is 10.7. The largest absolute Gasteiger partial charge is 0.245 e. The molecule has 0 radical (unpaired) electrons. The molecule has 0 N–H and O–H groups in total. The third-order valence-electron chi connectivity index (χ3n) is 5.05. The minimum atomic E-state index is 0. The Morgan fingerprint density at radius 1 is 0.556 bits per heavy atom. The molecule has 8 rings (SSSR count). The number of nitrogens with zero attached hydrogens (tertiary/aromatic N) is 1. The van der Waals surface area contributed by atoms with E-state index in [4.69, 9.17) is 0 Å². The van der Waals surface area contributed by atoms with Gasteiger partial charge in [-0.2, -0.15) is 0 Å². The van der Waals surface area contributed by atoms with Crippen LogP contribution in [0.15, 0.2) is 106 Å². The number of aromatic nitrogens is 1. The topological polar surface area (TPSA) is 12.9 Å². The van der Waals surface area contributed by atoms with Gasteiger partial charge in [-0.05, 0) is 74.9 Å². The molecule has 6 heteroatoms. The van der Waals surface area contributed by atoms with E-state index in [1.165, 1.54) is 34.6 Å². The number of fused-ring (bicyclic) bond motifs is 4. The Bertz CT molecular complexity index is 1430. The molecule has 1 nitrogen and oxygen atoms in total. The van der Waals surface area contributed by atoms with Crippen LogP contribution in [-0.2, 0) is 6.42 Å². The molecule has 5 heterocycles. The SMILES string of the molecule is C.C.C1=Cc2ccsc2C1.c1cc2sccc2s1.c1ccc2sccc2c1.c1ccc2scnc2c1. The molecule has 0 bridgehead atoms. The fraction of sp³-hybridized carbons (Fsp3) is 0.100. The molecule has 184 valence electrons. The van der Waals surface area contributed by atoms with Gasteiger partial charge in [0.05, 0.1) is 15.7 Å². The summed E-state index contributed by atoms with van der Waals surface area (Å²) < 4.78 is 5.46. The highest BCUT2D eigenvalue weighted by molar-refractivity contribution is 7.25. The van der Waals surface area contributed by atoms with Gasteiger partial charge in [-0.3, -0.25) is 0 Å². The lowest BCUT2D eigenvalue weighted by Gasteiger charge is -1.82. The standard InChI is InChI=1S/C8H6S.C7H5NS.C7H6S.C6H4S2.2CH4/c1-2-4-8-7(3-1)5-6-9-8;1-2-4-7-6(3-1)8-5-9-7;1-2-6-4-5-8-7(6)3-1;1-3-7-6-2-4-8-5(1)6;;/h1-6H;1-5H;1-2,4-5H,3H2;1-4H;2*1H4. The fourth-order valence-corrected chi connectivity index (χ4v) is 7.50. The van der Waals surface area contributed by atoms with E-state index in [1.54, 1.807) is 45.3 Å². The smallest absolute Gasteiger partial charge is 0.0812 e. The maximum absolute atomic E-state index is 4.14. The maximum Gasteiger partial charge on any atom is 0.0812 e. The molecule has 0 saturated carbocycles. The van der Waals surface area contributed by atoms with Crippen LogP contribution in [0.3, 0.4) is 0 Å². The molecular weight excluding hydrogens is 535 g/mol. The van der Waals surface area contributed by atoms with E-state index in [9.17, 15) is 0 Å². The molecule has 0 fully saturated rings. The average Bonchev–Trinajstić information content (AvgIpc) is 3.70. The second-order valence-electron chi connectivity index (χ2n) is 7.25. The van der Waals surface area contributed by atoms with Crippen LogP contribution in [0.2, 0.25) is 0 Å². The highest BCUT2D eigenvalue weighted by atomic mass is 32.1. The van der Waals surface area contributed by atoms with Crippen molar-refractivity contribution in [1.29, 1.82) is 0 Å². The minimum absolute atomic E-state index is 0. The van der Waals surface area contributed by atoms with E-state index in [1.807, 2.05) is 35.0 Å². The zero-order valence-corrected chi connectivity index (χ0v) is 22.2. The summed E-state index contributed by atoms with van der Waals surface area (Å²) in [5.41, 5.74) is 4.39. The molecular formula is C30H29NS5. The number of thiazole rings is 1. The highest BCUT2D eigenvalue weighted by Crippen LogP contribution is 2.25. The number of hydrogen-bond donors (Lipinski definition) is 0. The van der Waals surface area contributed by atoms with Gasteiger partial charge in [0.15, 0.2) is 0 Å². The number of thiophene rings is 4. The van der Waals surface area contributed by atoms with Crippen LogP contribution in [0.1, 0.15) is 25.3 Å². The summed E-state index contributed by atoms with van der Waals surface area (Å²) in [7, 11) is 0. The maximum atomic E-state index is 4.14. The van der Waals surface area contributed by atoms with Gasteiger partial charge in [-0.1, -0.05) is 57.3 Å². The van der Waals surface area contributed by atoms with Crippen molar-refractivity contribution in [3.05, 3.63) is 116 Å². The summed E-state index contributed by atoms with van der Waals surface area (Å²) in [5, 5.41) is 9.86. The summed E-state index contributed by atoms with van der Waals surface area (Å²) >= 11 is 8.92. The van der Waals surface area contributed by atoms with Gasteiger partial charge in [0.2, 0.25) is 0 Å². The Labute approximate surface area is 233 Å². The first kappa shape index (κ1) is 28.0. The summed E-state index contributed by atoms with van der Waals surface area (Å²) in [6.07, 6.45) is 5.56. The van der Waals surface area contributed by atoms with Crippen molar-refractivity contribution in [3.63, 3.8) is 0 Å². The number of hydrogen-bond acceptors (Lipinski definition) is 6. The van der Waals surface area contributed by atoms with E-state index >= 15 is 0 Å². The van der Waals surface area contributed by atoms with Crippen LogP contribution in [0.5, 0.6) is 0 Å². The zero-order valence-electron chi connectivity index (χ0n) is 18.2. The molecule has 0 amide bonds. The lowest BCUT2D eigenvalue weighted by Crippen LogP contribution is -1.64. The zero-order chi connectivity index (χ0) is 23.0. The van der Waals surface area contributed by atoms with Gasteiger partial charge in [0.1, 0.15) is 0 Å². The van der Waals surface area contributed by atoms with Crippen molar-refractivity contribution in [1.82, 2.24) is 4.98 Å². The molecule has 0 atom stereocenters. The second kappa shape index (κ2) is 14.2. The number of benzene rings is 2. The highest BCUT2D eigenvalue weighted by Gasteiger charge is 2.03. The predicted octanol–water partition coefficient (Wildman–Crippen LogP) is 11.7. The normalized spacial score (nSPS) is 10.7.